The van der Waals surface area contributed by atoms with Gasteiger partial charge in [-0.1, -0.05) is 12.1 Å². The number of amides is 1. The fourth-order valence-corrected chi connectivity index (χ4v) is 2.54. The number of rotatable bonds is 4. The Kier molecular flexibility index (Phi) is 4.39. The molecule has 1 aliphatic rings. The van der Waals surface area contributed by atoms with Crippen LogP contribution in [0.25, 0.3) is 0 Å². The van der Waals surface area contributed by atoms with E-state index in [9.17, 15) is 14.7 Å². The monoisotopic (exact) mass is 276 g/mol. The van der Waals surface area contributed by atoms with E-state index in [1.54, 1.807) is 31.1 Å². The molecule has 0 saturated heterocycles. The Labute approximate surface area is 118 Å². The summed E-state index contributed by atoms with van der Waals surface area (Å²) in [6.45, 7) is 2.24. The Hall–Kier alpha value is -1.88. The molecule has 20 heavy (non-hydrogen) atoms. The summed E-state index contributed by atoms with van der Waals surface area (Å²) in [5, 5.41) is 9.18. The van der Waals surface area contributed by atoms with Gasteiger partial charge in [0.15, 0.2) is 0 Å². The Balaban J connectivity index is 2.03. The molecule has 1 aromatic carbocycles. The predicted molar refractivity (Wildman–Crippen MR) is 75.7 cm³/mol. The number of benzene rings is 1. The van der Waals surface area contributed by atoms with E-state index in [-0.39, 0.29) is 5.91 Å². The van der Waals surface area contributed by atoms with Crippen molar-refractivity contribution in [2.24, 2.45) is 0 Å². The van der Waals surface area contributed by atoms with Gasteiger partial charge < -0.3 is 10.0 Å². The maximum atomic E-state index is 11.6. The summed E-state index contributed by atoms with van der Waals surface area (Å²) < 4.78 is 0. The Bertz CT molecular complexity index is 526. The summed E-state index contributed by atoms with van der Waals surface area (Å²) in [6.07, 6.45) is 1.23. The van der Waals surface area contributed by atoms with Crippen LogP contribution in [0.4, 0.5) is 0 Å². The van der Waals surface area contributed by atoms with Crippen molar-refractivity contribution in [2.45, 2.75) is 19.4 Å². The molecular weight excluding hydrogens is 256 g/mol. The molecule has 1 N–H and O–H groups in total. The van der Waals surface area contributed by atoms with Crippen molar-refractivity contribution in [3.05, 3.63) is 34.9 Å². The van der Waals surface area contributed by atoms with Gasteiger partial charge in [0.2, 0.25) is 5.91 Å². The fraction of sp³-hybridized carbons (Fsp3) is 0.467. The van der Waals surface area contributed by atoms with Gasteiger partial charge in [-0.25, -0.2) is 4.79 Å². The molecule has 1 amide bonds. The lowest BCUT2D eigenvalue weighted by Gasteiger charge is -2.29. The van der Waals surface area contributed by atoms with E-state index in [2.05, 4.69) is 4.90 Å². The Morgan fingerprint density at radius 1 is 1.35 bits per heavy atom. The second kappa shape index (κ2) is 6.05. The van der Waals surface area contributed by atoms with E-state index < -0.39 is 5.97 Å². The van der Waals surface area contributed by atoms with E-state index in [1.165, 1.54) is 0 Å². The van der Waals surface area contributed by atoms with Crippen LogP contribution in [0.3, 0.4) is 0 Å². The molecule has 0 radical (unpaired) electrons. The van der Waals surface area contributed by atoms with Crippen LogP contribution in [0.1, 0.15) is 27.9 Å². The lowest BCUT2D eigenvalue weighted by molar-refractivity contribution is -0.129. The molecule has 108 valence electrons. The first-order valence-corrected chi connectivity index (χ1v) is 6.75. The molecule has 2 rings (SSSR count). The first-order valence-electron chi connectivity index (χ1n) is 6.75. The van der Waals surface area contributed by atoms with Crippen LogP contribution in [0.15, 0.2) is 18.2 Å². The van der Waals surface area contributed by atoms with E-state index in [1.807, 2.05) is 6.07 Å². The number of carboxylic acids is 1. The second-order valence-corrected chi connectivity index (χ2v) is 5.31. The summed E-state index contributed by atoms with van der Waals surface area (Å²) >= 11 is 0. The van der Waals surface area contributed by atoms with Gasteiger partial charge in [0.25, 0.3) is 0 Å². The third kappa shape index (κ3) is 3.17. The molecule has 0 unspecified atom stereocenters. The average Bonchev–Trinajstić information content (AvgIpc) is 2.43. The maximum absolute atomic E-state index is 11.6. The standard InChI is InChI=1S/C15H20N2O3/c1-16(2)14(18)7-9-17-8-6-12-11(10-17)4-3-5-13(12)15(19)20/h3-5H,6-10H2,1-2H3,(H,19,20). The number of nitrogens with zero attached hydrogens (tertiary/aromatic N) is 2. The molecule has 1 heterocycles. The van der Waals surface area contributed by atoms with Crippen LogP contribution >= 0.6 is 0 Å². The van der Waals surface area contributed by atoms with Gasteiger partial charge in [-0.2, -0.15) is 0 Å². The lowest BCUT2D eigenvalue weighted by atomic mass is 9.94. The number of carbonyl (C=O) groups is 2. The molecule has 0 fully saturated rings. The maximum Gasteiger partial charge on any atom is 0.335 e. The van der Waals surface area contributed by atoms with Crippen LogP contribution in [-0.4, -0.2) is 54.0 Å². The van der Waals surface area contributed by atoms with E-state index in [4.69, 9.17) is 0 Å². The zero-order valence-corrected chi connectivity index (χ0v) is 11.9. The fourth-order valence-electron chi connectivity index (χ4n) is 2.54. The van der Waals surface area contributed by atoms with E-state index in [0.29, 0.717) is 18.5 Å². The van der Waals surface area contributed by atoms with Crippen molar-refractivity contribution in [1.29, 1.82) is 0 Å². The summed E-state index contributed by atoms with van der Waals surface area (Å²) in [6, 6.07) is 5.42. The van der Waals surface area contributed by atoms with Crippen LogP contribution < -0.4 is 0 Å². The van der Waals surface area contributed by atoms with E-state index in [0.717, 1.165) is 30.6 Å². The predicted octanol–water partition coefficient (Wildman–Crippen LogP) is 1.22. The molecule has 1 aromatic rings. The van der Waals surface area contributed by atoms with Gasteiger partial charge in [-0.05, 0) is 23.6 Å². The highest BCUT2D eigenvalue weighted by Crippen LogP contribution is 2.22. The highest BCUT2D eigenvalue weighted by atomic mass is 16.4. The zero-order valence-electron chi connectivity index (χ0n) is 11.9. The van der Waals surface area contributed by atoms with Crippen molar-refractivity contribution in [3.8, 4) is 0 Å². The molecule has 5 heteroatoms. The molecule has 0 aromatic heterocycles. The van der Waals surface area contributed by atoms with Gasteiger partial charge in [0, 0.05) is 40.2 Å². The third-order valence-corrected chi connectivity index (χ3v) is 3.72. The van der Waals surface area contributed by atoms with Crippen molar-refractivity contribution in [2.75, 3.05) is 27.2 Å². The minimum atomic E-state index is -0.863. The molecule has 1 aliphatic heterocycles. The second-order valence-electron chi connectivity index (χ2n) is 5.31. The van der Waals surface area contributed by atoms with Crippen LogP contribution in [-0.2, 0) is 17.8 Å². The molecule has 0 aliphatic carbocycles. The number of carboxylic acid groups (broad SMARTS) is 1. The quantitative estimate of drug-likeness (QED) is 0.898. The Morgan fingerprint density at radius 3 is 2.75 bits per heavy atom. The van der Waals surface area contributed by atoms with Gasteiger partial charge in [0.05, 0.1) is 5.56 Å². The summed E-state index contributed by atoms with van der Waals surface area (Å²) in [7, 11) is 3.51. The first kappa shape index (κ1) is 14.5. The molecule has 0 bridgehead atoms. The van der Waals surface area contributed by atoms with Crippen molar-refractivity contribution >= 4 is 11.9 Å². The minimum absolute atomic E-state index is 0.120. The van der Waals surface area contributed by atoms with Crippen molar-refractivity contribution < 1.29 is 14.7 Å². The van der Waals surface area contributed by atoms with Gasteiger partial charge >= 0.3 is 5.97 Å². The summed E-state index contributed by atoms with van der Waals surface area (Å²) in [5.41, 5.74) is 2.41. The SMILES string of the molecule is CN(C)C(=O)CCN1CCc2c(cccc2C(=O)O)C1. The van der Waals surface area contributed by atoms with Crippen molar-refractivity contribution in [3.63, 3.8) is 0 Å². The lowest BCUT2D eigenvalue weighted by Crippen LogP contribution is -2.35. The van der Waals surface area contributed by atoms with Crippen LogP contribution in [0.2, 0.25) is 0 Å². The molecule has 0 atom stereocenters. The van der Waals surface area contributed by atoms with Gasteiger partial charge in [-0.3, -0.25) is 9.69 Å². The molecule has 0 saturated carbocycles. The van der Waals surface area contributed by atoms with E-state index >= 15 is 0 Å². The number of aromatic carboxylic acids is 1. The normalized spacial score (nSPS) is 14.7. The average molecular weight is 276 g/mol. The molecule has 0 spiro atoms. The number of hydrogen-bond donors (Lipinski definition) is 1. The smallest absolute Gasteiger partial charge is 0.335 e. The molecule has 5 nitrogen and oxygen atoms in total. The van der Waals surface area contributed by atoms with Crippen LogP contribution in [0.5, 0.6) is 0 Å². The highest BCUT2D eigenvalue weighted by molar-refractivity contribution is 5.89. The zero-order chi connectivity index (χ0) is 14.7. The third-order valence-electron chi connectivity index (χ3n) is 3.72. The highest BCUT2D eigenvalue weighted by Gasteiger charge is 2.21. The number of fused-ring (bicyclic) bond motifs is 1. The Morgan fingerprint density at radius 2 is 2.10 bits per heavy atom. The number of hydrogen-bond acceptors (Lipinski definition) is 3. The largest absolute Gasteiger partial charge is 0.478 e. The van der Waals surface area contributed by atoms with Crippen LogP contribution in [0, 0.1) is 0 Å². The first-order chi connectivity index (χ1) is 9.49. The number of carbonyl (C=O) groups excluding carboxylic acids is 1. The van der Waals surface area contributed by atoms with Gasteiger partial charge in [0.1, 0.15) is 0 Å². The summed E-state index contributed by atoms with van der Waals surface area (Å²) in [5.74, 6) is -0.742. The topological polar surface area (TPSA) is 60.9 Å². The van der Waals surface area contributed by atoms with Crippen molar-refractivity contribution in [1.82, 2.24) is 9.80 Å². The molecular formula is C15H20N2O3. The minimum Gasteiger partial charge on any atom is -0.478 e. The van der Waals surface area contributed by atoms with Gasteiger partial charge in [-0.15, -0.1) is 0 Å². The summed E-state index contributed by atoms with van der Waals surface area (Å²) in [4.78, 5) is 26.6.